The van der Waals surface area contributed by atoms with Gasteiger partial charge in [-0.3, -0.25) is 19.2 Å². The number of aryl methyl sites for hydroxylation is 2. The first-order valence-electron chi connectivity index (χ1n) is 25.8. The summed E-state index contributed by atoms with van der Waals surface area (Å²) >= 11 is 1.58. The predicted molar refractivity (Wildman–Crippen MR) is 283 cm³/mol. The fourth-order valence-corrected chi connectivity index (χ4v) is 9.26. The summed E-state index contributed by atoms with van der Waals surface area (Å²) in [6, 6.07) is 13.8. The minimum absolute atomic E-state index is 0.00324. The van der Waals surface area contributed by atoms with Gasteiger partial charge in [0.25, 0.3) is 0 Å². The molecule has 2 aliphatic rings. The molecule has 0 bridgehead atoms. The van der Waals surface area contributed by atoms with E-state index in [0.717, 1.165) is 89.5 Å². The molecule has 1 aliphatic carbocycles. The summed E-state index contributed by atoms with van der Waals surface area (Å²) in [5, 5.41) is 23.0. The second kappa shape index (κ2) is 28.6. The summed E-state index contributed by atoms with van der Waals surface area (Å²) in [6.07, 6.45) is 8.11. The summed E-state index contributed by atoms with van der Waals surface area (Å²) in [6.45, 7) is 14.0. The first-order valence-corrected chi connectivity index (χ1v) is 26.6. The normalized spacial score (nSPS) is 16.1. The molecule has 19 heteroatoms. The number of carbonyl (C=O) groups excluding carboxylic acids is 4. The van der Waals surface area contributed by atoms with E-state index >= 15 is 0 Å². The Labute approximate surface area is 434 Å². The van der Waals surface area contributed by atoms with E-state index in [2.05, 4.69) is 36.2 Å². The van der Waals surface area contributed by atoms with E-state index in [9.17, 15) is 24.3 Å². The monoisotopic (exact) mass is 1030 g/mol. The lowest BCUT2D eigenvalue weighted by atomic mass is 9.84. The van der Waals surface area contributed by atoms with Crippen LogP contribution in [0.4, 0.5) is 17.5 Å². The van der Waals surface area contributed by atoms with Crippen molar-refractivity contribution >= 4 is 52.4 Å². The number of benzene rings is 2. The maximum absolute atomic E-state index is 13.9. The SMILES string of the molecule is Cc1cnc(Nc2cccc(OCCCOCCCCOCCCOCC(=O)N[C@H](C(=O)N3C[C@H](O)C[C@H]3C(=O)NCc3ccc(-c4scnc4C)cc3)C(C)(C)C)c2)nc1NCCCN(C)C(=O)C1CCC1. The van der Waals surface area contributed by atoms with Gasteiger partial charge >= 0.3 is 0 Å². The van der Waals surface area contributed by atoms with E-state index in [4.69, 9.17) is 18.9 Å². The predicted octanol–water partition coefficient (Wildman–Crippen LogP) is 6.82. The fourth-order valence-electron chi connectivity index (χ4n) is 8.45. The summed E-state index contributed by atoms with van der Waals surface area (Å²) in [7, 11) is 1.89. The third-order valence-electron chi connectivity index (χ3n) is 12.9. The van der Waals surface area contributed by atoms with Crippen LogP contribution in [0.5, 0.6) is 5.75 Å². The molecular weight excluding hydrogens is 951 g/mol. The summed E-state index contributed by atoms with van der Waals surface area (Å²) in [5.41, 5.74) is 5.82. The molecule has 2 aromatic heterocycles. The smallest absolute Gasteiger partial charge is 0.246 e. The largest absolute Gasteiger partial charge is 0.493 e. The van der Waals surface area contributed by atoms with E-state index in [-0.39, 0.29) is 43.8 Å². The van der Waals surface area contributed by atoms with Crippen LogP contribution in [0.2, 0.25) is 0 Å². The molecule has 0 radical (unpaired) electrons. The van der Waals surface area contributed by atoms with Crippen LogP contribution in [0.3, 0.4) is 0 Å². The van der Waals surface area contributed by atoms with Crippen molar-refractivity contribution in [3.05, 3.63) is 77.1 Å². The number of nitrogens with one attached hydrogen (secondary N) is 4. The van der Waals surface area contributed by atoms with Crippen LogP contribution in [0, 0.1) is 25.2 Å². The van der Waals surface area contributed by atoms with Crippen LogP contribution >= 0.6 is 11.3 Å². The number of unbranched alkanes of at least 4 members (excludes halogenated alkanes) is 1. The molecule has 3 heterocycles. The Hall–Kier alpha value is -5.73. The van der Waals surface area contributed by atoms with Crippen molar-refractivity contribution in [2.75, 3.05) is 83.6 Å². The maximum atomic E-state index is 13.9. The summed E-state index contributed by atoms with van der Waals surface area (Å²) < 4.78 is 23.1. The quantitative estimate of drug-likeness (QED) is 0.0339. The summed E-state index contributed by atoms with van der Waals surface area (Å²) in [4.78, 5) is 70.6. The number of hydrogen-bond acceptors (Lipinski definition) is 15. The Morgan fingerprint density at radius 1 is 0.904 bits per heavy atom. The van der Waals surface area contributed by atoms with Crippen molar-refractivity contribution in [1.29, 1.82) is 0 Å². The molecule has 4 aromatic rings. The number of aliphatic hydroxyl groups excluding tert-OH is 1. The van der Waals surface area contributed by atoms with Gasteiger partial charge in [0, 0.05) is 109 Å². The Bertz CT molecular complexity index is 2380. The first kappa shape index (κ1) is 56.6. The van der Waals surface area contributed by atoms with Crippen LogP contribution in [0.1, 0.15) is 95.4 Å². The number of nitrogens with zero attached hydrogens (tertiary/aromatic N) is 5. The lowest BCUT2D eigenvalue weighted by Gasteiger charge is -2.35. The van der Waals surface area contributed by atoms with Gasteiger partial charge in [-0.1, -0.05) is 57.5 Å². The number of thiazole rings is 1. The lowest BCUT2D eigenvalue weighted by molar-refractivity contribution is -0.144. The lowest BCUT2D eigenvalue weighted by Crippen LogP contribution is -2.58. The zero-order valence-electron chi connectivity index (χ0n) is 43.6. The molecule has 1 aliphatic heterocycles. The molecule has 5 N–H and O–H groups in total. The molecule has 18 nitrogen and oxygen atoms in total. The number of aromatic nitrogens is 3. The van der Waals surface area contributed by atoms with Crippen molar-refractivity contribution in [1.82, 2.24) is 35.4 Å². The highest BCUT2D eigenvalue weighted by Crippen LogP contribution is 2.30. The second-order valence-electron chi connectivity index (χ2n) is 20.0. The molecule has 2 aromatic carbocycles. The van der Waals surface area contributed by atoms with Gasteiger partial charge in [-0.2, -0.15) is 4.98 Å². The molecule has 6 rings (SSSR count). The number of amides is 4. The zero-order chi connectivity index (χ0) is 52.2. The number of rotatable bonds is 30. The van der Waals surface area contributed by atoms with E-state index in [1.165, 1.54) is 4.90 Å². The molecule has 1 saturated carbocycles. The second-order valence-corrected chi connectivity index (χ2v) is 20.9. The van der Waals surface area contributed by atoms with E-state index in [0.29, 0.717) is 65.1 Å². The van der Waals surface area contributed by atoms with Gasteiger partial charge in [0.15, 0.2) is 0 Å². The van der Waals surface area contributed by atoms with Crippen LogP contribution in [0.15, 0.2) is 60.2 Å². The van der Waals surface area contributed by atoms with E-state index in [1.54, 1.807) is 17.5 Å². The fraction of sp³-hybridized carbons (Fsp3) is 0.574. The highest BCUT2D eigenvalue weighted by Gasteiger charge is 2.44. The van der Waals surface area contributed by atoms with Gasteiger partial charge in [-0.05, 0) is 81.0 Å². The first-order chi connectivity index (χ1) is 35.2. The minimum atomic E-state index is -0.941. The minimum Gasteiger partial charge on any atom is -0.493 e. The number of ether oxygens (including phenoxy) is 4. The van der Waals surface area contributed by atoms with Gasteiger partial charge < -0.3 is 55.1 Å². The third kappa shape index (κ3) is 18.0. The average Bonchev–Trinajstić information content (AvgIpc) is 3.97. The zero-order valence-corrected chi connectivity index (χ0v) is 44.4. The molecule has 73 heavy (non-hydrogen) atoms. The highest BCUT2D eigenvalue weighted by atomic mass is 32.1. The Balaban J connectivity index is 0.774. The van der Waals surface area contributed by atoms with Crippen LogP contribution < -0.4 is 26.0 Å². The molecular formula is C54H77N9O9S. The molecule has 1 saturated heterocycles. The van der Waals surface area contributed by atoms with E-state index in [1.807, 2.05) is 101 Å². The third-order valence-corrected chi connectivity index (χ3v) is 13.9. The number of carbonyl (C=O) groups is 4. The number of β-amino-alcohol motifs (C(OH)–C–C–N with tert-alkyl or cyclic N) is 1. The molecule has 0 unspecified atom stereocenters. The Kier molecular flexibility index (Phi) is 22.2. The Morgan fingerprint density at radius 2 is 1.62 bits per heavy atom. The van der Waals surface area contributed by atoms with Crippen molar-refractivity contribution in [2.24, 2.45) is 11.3 Å². The van der Waals surface area contributed by atoms with Gasteiger partial charge in [0.05, 0.1) is 28.8 Å². The molecule has 2 fully saturated rings. The van der Waals surface area contributed by atoms with Crippen LogP contribution in [-0.4, -0.2) is 145 Å². The van der Waals surface area contributed by atoms with Crippen molar-refractivity contribution in [3.8, 4) is 16.2 Å². The van der Waals surface area contributed by atoms with Crippen molar-refractivity contribution in [3.63, 3.8) is 0 Å². The maximum Gasteiger partial charge on any atom is 0.246 e. The number of likely N-dealkylation sites (tertiary alicyclic amines) is 1. The molecule has 398 valence electrons. The molecule has 3 atom stereocenters. The van der Waals surface area contributed by atoms with Gasteiger partial charge in [-0.25, -0.2) is 9.97 Å². The average molecular weight is 1030 g/mol. The molecule has 0 spiro atoms. The van der Waals surface area contributed by atoms with Crippen molar-refractivity contribution < 1.29 is 43.2 Å². The molecule has 4 amide bonds. The van der Waals surface area contributed by atoms with Gasteiger partial charge in [-0.15, -0.1) is 11.3 Å². The van der Waals surface area contributed by atoms with Gasteiger partial charge in [0.2, 0.25) is 29.6 Å². The van der Waals surface area contributed by atoms with Crippen molar-refractivity contribution in [2.45, 2.75) is 117 Å². The van der Waals surface area contributed by atoms with Gasteiger partial charge in [0.1, 0.15) is 30.3 Å². The standard InChI is InChI=1S/C54H77N9O9S/c1-37-32-57-53(61-49(37)55-22-11-23-62(6)51(67)41-14-9-15-41)59-42-16-10-17-44(30-42)72-29-13-27-70-25-8-7-24-69-26-12-28-71-35-46(65)60-48(54(3,4)5)52(68)63-34-43(64)31-45(63)50(66)56-33-39-18-20-40(21-19-39)47-38(2)58-36-73-47/h10,16-21,30,32,36,41,43,45,48,64H,7-9,11-15,22-29,31,33-35H2,1-6H3,(H,56,66)(H,60,65)(H2,55,57,59,61)/t43-,45+,48-/m1/s1. The Morgan fingerprint density at radius 3 is 2.30 bits per heavy atom. The summed E-state index contributed by atoms with van der Waals surface area (Å²) in [5.74, 6) is 1.22. The number of aliphatic hydroxyl groups is 1. The van der Waals surface area contributed by atoms with Crippen LogP contribution in [-0.2, 0) is 39.9 Å². The number of anilines is 3. The van der Waals surface area contributed by atoms with Crippen LogP contribution in [0.25, 0.3) is 10.4 Å². The number of hydrogen-bond donors (Lipinski definition) is 5. The highest BCUT2D eigenvalue weighted by molar-refractivity contribution is 7.13. The topological polar surface area (TPSA) is 219 Å². The van der Waals surface area contributed by atoms with E-state index < -0.39 is 35.4 Å².